The summed E-state index contributed by atoms with van der Waals surface area (Å²) in [6.45, 7) is 3.94. The van der Waals surface area contributed by atoms with E-state index >= 15 is 0 Å². The number of rotatable bonds is 7. The monoisotopic (exact) mass is 292 g/mol. The fraction of sp³-hybridized carbons (Fsp3) is 0.562. The second kappa shape index (κ2) is 7.31. The first-order valence-corrected chi connectivity index (χ1v) is 7.33. The predicted octanol–water partition coefficient (Wildman–Crippen LogP) is 2.89. The van der Waals surface area contributed by atoms with E-state index in [9.17, 15) is 4.79 Å². The Balaban J connectivity index is 1.99. The predicted molar refractivity (Wildman–Crippen MR) is 82.9 cm³/mol. The highest BCUT2D eigenvalue weighted by Crippen LogP contribution is 2.30. The molecule has 1 aromatic rings. The van der Waals surface area contributed by atoms with Crippen LogP contribution in [0.1, 0.15) is 18.4 Å². The normalized spacial score (nSPS) is 13.9. The standard InChI is InChI=1S/C16H24N2O3/c1-12-4-7-14(10-15(12)21-3)17-16(19)18(8-9-20-2)11-13-5-6-13/h4,7,10,13H,5-6,8-9,11H2,1-3H3,(H,17,19). The molecule has 0 atom stereocenters. The quantitative estimate of drug-likeness (QED) is 0.840. The topological polar surface area (TPSA) is 50.8 Å². The molecule has 1 fully saturated rings. The lowest BCUT2D eigenvalue weighted by Crippen LogP contribution is -2.38. The van der Waals surface area contributed by atoms with Crippen LogP contribution < -0.4 is 10.1 Å². The zero-order valence-electron chi connectivity index (χ0n) is 13.0. The van der Waals surface area contributed by atoms with Crippen molar-refractivity contribution in [1.29, 1.82) is 0 Å². The second-order valence-corrected chi connectivity index (χ2v) is 5.50. The smallest absolute Gasteiger partial charge is 0.321 e. The summed E-state index contributed by atoms with van der Waals surface area (Å²) in [5.41, 5.74) is 1.80. The van der Waals surface area contributed by atoms with Gasteiger partial charge in [0.2, 0.25) is 0 Å². The lowest BCUT2D eigenvalue weighted by Gasteiger charge is -2.23. The summed E-state index contributed by atoms with van der Waals surface area (Å²) in [7, 11) is 3.28. The van der Waals surface area contributed by atoms with Gasteiger partial charge in [0.15, 0.2) is 0 Å². The van der Waals surface area contributed by atoms with Gasteiger partial charge >= 0.3 is 6.03 Å². The van der Waals surface area contributed by atoms with Gasteiger partial charge in [0.25, 0.3) is 0 Å². The third-order valence-electron chi connectivity index (χ3n) is 3.69. The molecular weight excluding hydrogens is 268 g/mol. The zero-order valence-corrected chi connectivity index (χ0v) is 13.0. The molecule has 1 aliphatic carbocycles. The third kappa shape index (κ3) is 4.63. The van der Waals surface area contributed by atoms with Crippen LogP contribution in [0.2, 0.25) is 0 Å². The maximum atomic E-state index is 12.4. The van der Waals surface area contributed by atoms with E-state index in [-0.39, 0.29) is 6.03 Å². The molecule has 0 bridgehead atoms. The highest BCUT2D eigenvalue weighted by atomic mass is 16.5. The molecule has 0 spiro atoms. The lowest BCUT2D eigenvalue weighted by atomic mass is 10.2. The average molecular weight is 292 g/mol. The fourth-order valence-corrected chi connectivity index (χ4v) is 2.19. The van der Waals surface area contributed by atoms with Gasteiger partial charge in [0.1, 0.15) is 5.75 Å². The first-order chi connectivity index (χ1) is 10.1. The Morgan fingerprint density at radius 1 is 1.38 bits per heavy atom. The Kier molecular flexibility index (Phi) is 5.44. The molecule has 0 heterocycles. The van der Waals surface area contributed by atoms with Crippen LogP contribution >= 0.6 is 0 Å². The highest BCUT2D eigenvalue weighted by Gasteiger charge is 2.26. The lowest BCUT2D eigenvalue weighted by molar-refractivity contribution is 0.153. The van der Waals surface area contributed by atoms with E-state index in [1.54, 1.807) is 14.2 Å². The molecular formula is C16H24N2O3. The molecule has 5 heteroatoms. The second-order valence-electron chi connectivity index (χ2n) is 5.50. The molecule has 0 saturated heterocycles. The van der Waals surface area contributed by atoms with E-state index in [4.69, 9.17) is 9.47 Å². The number of nitrogens with one attached hydrogen (secondary N) is 1. The van der Waals surface area contributed by atoms with Gasteiger partial charge in [-0.1, -0.05) is 6.07 Å². The van der Waals surface area contributed by atoms with Crippen molar-refractivity contribution < 1.29 is 14.3 Å². The molecule has 0 unspecified atom stereocenters. The average Bonchev–Trinajstić information content (AvgIpc) is 3.29. The van der Waals surface area contributed by atoms with Crippen LogP contribution in [0.15, 0.2) is 18.2 Å². The summed E-state index contributed by atoms with van der Waals surface area (Å²) in [4.78, 5) is 14.2. The van der Waals surface area contributed by atoms with Crippen LogP contribution in [0.25, 0.3) is 0 Å². The minimum absolute atomic E-state index is 0.0788. The van der Waals surface area contributed by atoms with Crippen molar-refractivity contribution in [1.82, 2.24) is 4.90 Å². The number of nitrogens with zero attached hydrogens (tertiary/aromatic N) is 1. The van der Waals surface area contributed by atoms with Gasteiger partial charge in [-0.3, -0.25) is 0 Å². The molecule has 2 rings (SSSR count). The maximum Gasteiger partial charge on any atom is 0.321 e. The number of hydrogen-bond donors (Lipinski definition) is 1. The number of ether oxygens (including phenoxy) is 2. The van der Waals surface area contributed by atoms with Gasteiger partial charge in [-0.15, -0.1) is 0 Å². The van der Waals surface area contributed by atoms with Crippen LogP contribution in [0.4, 0.5) is 10.5 Å². The summed E-state index contributed by atoms with van der Waals surface area (Å²) in [5.74, 6) is 1.43. The van der Waals surface area contributed by atoms with Gasteiger partial charge in [-0.25, -0.2) is 4.79 Å². The van der Waals surface area contributed by atoms with Crippen molar-refractivity contribution in [2.75, 3.05) is 39.2 Å². The largest absolute Gasteiger partial charge is 0.496 e. The van der Waals surface area contributed by atoms with Gasteiger partial charge in [0, 0.05) is 32.0 Å². The van der Waals surface area contributed by atoms with E-state index in [0.29, 0.717) is 19.1 Å². The van der Waals surface area contributed by atoms with Crippen molar-refractivity contribution in [3.63, 3.8) is 0 Å². The van der Waals surface area contributed by atoms with Crippen LogP contribution in [-0.2, 0) is 4.74 Å². The van der Waals surface area contributed by atoms with Crippen molar-refractivity contribution in [2.24, 2.45) is 5.92 Å². The SMILES string of the molecule is COCCN(CC1CC1)C(=O)Nc1ccc(C)c(OC)c1. The minimum Gasteiger partial charge on any atom is -0.496 e. The summed E-state index contributed by atoms with van der Waals surface area (Å²) in [6.07, 6.45) is 2.43. The Morgan fingerprint density at radius 3 is 2.76 bits per heavy atom. The molecule has 2 amide bonds. The number of methoxy groups -OCH3 is 2. The van der Waals surface area contributed by atoms with Crippen LogP contribution in [0, 0.1) is 12.8 Å². The highest BCUT2D eigenvalue weighted by molar-refractivity contribution is 5.89. The third-order valence-corrected chi connectivity index (χ3v) is 3.69. The molecule has 1 aromatic carbocycles. The van der Waals surface area contributed by atoms with E-state index in [0.717, 1.165) is 23.5 Å². The van der Waals surface area contributed by atoms with Gasteiger partial charge < -0.3 is 19.7 Å². The first-order valence-electron chi connectivity index (χ1n) is 7.33. The fourth-order valence-electron chi connectivity index (χ4n) is 2.19. The van der Waals surface area contributed by atoms with Crippen molar-refractivity contribution in [3.05, 3.63) is 23.8 Å². The number of benzene rings is 1. The first kappa shape index (κ1) is 15.6. The Labute approximate surface area is 126 Å². The maximum absolute atomic E-state index is 12.4. The van der Waals surface area contributed by atoms with Gasteiger partial charge in [-0.2, -0.15) is 0 Å². The number of aryl methyl sites for hydroxylation is 1. The minimum atomic E-state index is -0.0788. The number of hydrogen-bond acceptors (Lipinski definition) is 3. The zero-order chi connectivity index (χ0) is 15.2. The summed E-state index contributed by atoms with van der Waals surface area (Å²) < 4.78 is 10.4. The Bertz CT molecular complexity index is 486. The molecule has 21 heavy (non-hydrogen) atoms. The molecule has 0 radical (unpaired) electrons. The Morgan fingerprint density at radius 2 is 2.14 bits per heavy atom. The van der Waals surface area contributed by atoms with E-state index < -0.39 is 0 Å². The van der Waals surface area contributed by atoms with Crippen LogP contribution in [-0.4, -0.2) is 44.8 Å². The number of urea groups is 1. The van der Waals surface area contributed by atoms with Gasteiger partial charge in [0.05, 0.1) is 13.7 Å². The molecule has 1 aliphatic rings. The molecule has 0 aliphatic heterocycles. The summed E-state index contributed by atoms with van der Waals surface area (Å²) in [6, 6.07) is 5.60. The van der Waals surface area contributed by atoms with Crippen LogP contribution in [0.5, 0.6) is 5.75 Å². The summed E-state index contributed by atoms with van der Waals surface area (Å²) >= 11 is 0. The molecule has 0 aromatic heterocycles. The molecule has 5 nitrogen and oxygen atoms in total. The van der Waals surface area contributed by atoms with Crippen molar-refractivity contribution in [2.45, 2.75) is 19.8 Å². The van der Waals surface area contributed by atoms with Gasteiger partial charge in [-0.05, 0) is 37.3 Å². The van der Waals surface area contributed by atoms with Crippen molar-refractivity contribution in [3.8, 4) is 5.75 Å². The van der Waals surface area contributed by atoms with E-state index in [1.165, 1.54) is 12.8 Å². The number of amides is 2. The molecule has 1 saturated carbocycles. The van der Waals surface area contributed by atoms with E-state index in [1.807, 2.05) is 30.0 Å². The van der Waals surface area contributed by atoms with Crippen molar-refractivity contribution >= 4 is 11.7 Å². The summed E-state index contributed by atoms with van der Waals surface area (Å²) in [5, 5.41) is 2.94. The molecule has 116 valence electrons. The number of anilines is 1. The van der Waals surface area contributed by atoms with E-state index in [2.05, 4.69) is 5.32 Å². The number of carbonyl (C=O) groups is 1. The molecule has 1 N–H and O–H groups in total. The number of carbonyl (C=O) groups excluding carboxylic acids is 1. The van der Waals surface area contributed by atoms with Crippen LogP contribution in [0.3, 0.4) is 0 Å². The Hall–Kier alpha value is -1.75.